The fraction of sp³-hybridized carbons (Fsp3) is 0.467. The van der Waals surface area contributed by atoms with E-state index in [4.69, 9.17) is 0 Å². The van der Waals surface area contributed by atoms with Gasteiger partial charge in [0, 0.05) is 15.2 Å². The number of benzene rings is 1. The van der Waals surface area contributed by atoms with Gasteiger partial charge in [0.15, 0.2) is 0 Å². The van der Waals surface area contributed by atoms with E-state index >= 15 is 0 Å². The summed E-state index contributed by atoms with van der Waals surface area (Å²) in [5.74, 6) is 0.0148. The summed E-state index contributed by atoms with van der Waals surface area (Å²) in [5, 5.41) is 17.1. The van der Waals surface area contributed by atoms with Crippen molar-refractivity contribution in [2.45, 2.75) is 38.1 Å². The molecule has 1 aromatic rings. The number of hydrazone groups is 1. The second-order valence-corrected chi connectivity index (χ2v) is 7.74. The molecule has 7 heteroatoms. The number of halogens is 2. The SMILES string of the molecule is O=C(CNC1CCCCC1)N/N=C\c1cc(I)cc(I)c1O. The van der Waals surface area contributed by atoms with E-state index in [9.17, 15) is 9.90 Å². The van der Waals surface area contributed by atoms with Gasteiger partial charge in [-0.1, -0.05) is 19.3 Å². The van der Waals surface area contributed by atoms with E-state index in [0.29, 0.717) is 11.6 Å². The van der Waals surface area contributed by atoms with Crippen molar-refractivity contribution in [2.24, 2.45) is 5.10 Å². The Labute approximate surface area is 157 Å². The summed E-state index contributed by atoms with van der Waals surface area (Å²) >= 11 is 4.24. The minimum atomic E-state index is -0.165. The van der Waals surface area contributed by atoms with E-state index in [0.717, 1.165) is 20.0 Å². The smallest absolute Gasteiger partial charge is 0.254 e. The van der Waals surface area contributed by atoms with Crippen LogP contribution >= 0.6 is 45.2 Å². The maximum absolute atomic E-state index is 11.7. The lowest BCUT2D eigenvalue weighted by Gasteiger charge is -2.22. The second kappa shape index (κ2) is 9.02. The van der Waals surface area contributed by atoms with Crippen molar-refractivity contribution in [1.82, 2.24) is 10.7 Å². The van der Waals surface area contributed by atoms with Crippen molar-refractivity contribution in [3.63, 3.8) is 0 Å². The summed E-state index contributed by atoms with van der Waals surface area (Å²) in [4.78, 5) is 11.7. The van der Waals surface area contributed by atoms with Crippen LogP contribution in [0.5, 0.6) is 5.75 Å². The van der Waals surface area contributed by atoms with Crippen LogP contribution in [0.25, 0.3) is 0 Å². The highest BCUT2D eigenvalue weighted by molar-refractivity contribution is 14.1. The molecule has 22 heavy (non-hydrogen) atoms. The lowest BCUT2D eigenvalue weighted by molar-refractivity contribution is -0.120. The maximum atomic E-state index is 11.7. The summed E-state index contributed by atoms with van der Waals surface area (Å²) in [6.07, 6.45) is 7.53. The molecule has 0 radical (unpaired) electrons. The predicted octanol–water partition coefficient (Wildman–Crippen LogP) is 2.97. The van der Waals surface area contributed by atoms with Crippen LogP contribution in [0, 0.1) is 7.14 Å². The molecule has 1 aliphatic rings. The van der Waals surface area contributed by atoms with Crippen molar-refractivity contribution >= 4 is 57.3 Å². The number of hydrogen-bond donors (Lipinski definition) is 3. The number of phenolic OH excluding ortho intramolecular Hbond substituents is 1. The zero-order chi connectivity index (χ0) is 15.9. The number of hydrogen-bond acceptors (Lipinski definition) is 4. The summed E-state index contributed by atoms with van der Waals surface area (Å²) in [7, 11) is 0. The van der Waals surface area contributed by atoms with Gasteiger partial charge in [-0.2, -0.15) is 5.10 Å². The molecule has 1 fully saturated rings. The third-order valence-electron chi connectivity index (χ3n) is 3.61. The Hall–Kier alpha value is -0.420. The van der Waals surface area contributed by atoms with E-state index in [1.54, 1.807) is 0 Å². The van der Waals surface area contributed by atoms with Crippen molar-refractivity contribution in [1.29, 1.82) is 0 Å². The van der Waals surface area contributed by atoms with Crippen molar-refractivity contribution in [2.75, 3.05) is 6.54 Å². The monoisotopic (exact) mass is 527 g/mol. The Balaban J connectivity index is 1.80. The first-order valence-electron chi connectivity index (χ1n) is 7.29. The van der Waals surface area contributed by atoms with Gasteiger partial charge in [-0.3, -0.25) is 4.79 Å². The molecule has 0 bridgehead atoms. The van der Waals surface area contributed by atoms with Crippen LogP contribution in [0.1, 0.15) is 37.7 Å². The lowest BCUT2D eigenvalue weighted by Crippen LogP contribution is -2.38. The molecule has 3 N–H and O–H groups in total. The first-order chi connectivity index (χ1) is 10.6. The topological polar surface area (TPSA) is 73.7 Å². The molecule has 0 heterocycles. The van der Waals surface area contributed by atoms with Crippen LogP contribution in [-0.2, 0) is 4.79 Å². The molecule has 1 aliphatic carbocycles. The molecular weight excluding hydrogens is 508 g/mol. The van der Waals surface area contributed by atoms with Gasteiger partial charge in [0.25, 0.3) is 5.91 Å². The highest BCUT2D eigenvalue weighted by Crippen LogP contribution is 2.25. The average molecular weight is 527 g/mol. The molecule has 0 aliphatic heterocycles. The molecule has 0 spiro atoms. The van der Waals surface area contributed by atoms with Gasteiger partial charge in [0.2, 0.25) is 0 Å². The van der Waals surface area contributed by atoms with Gasteiger partial charge in [0.05, 0.1) is 16.3 Å². The number of carbonyl (C=O) groups is 1. The second-order valence-electron chi connectivity index (χ2n) is 5.33. The van der Waals surface area contributed by atoms with Gasteiger partial charge in [-0.25, -0.2) is 5.43 Å². The minimum absolute atomic E-state index is 0.165. The van der Waals surface area contributed by atoms with E-state index in [2.05, 4.69) is 61.0 Å². The molecule has 0 atom stereocenters. The summed E-state index contributed by atoms with van der Waals surface area (Å²) in [6.45, 7) is 0.276. The van der Waals surface area contributed by atoms with Crippen LogP contribution in [0.3, 0.4) is 0 Å². The number of nitrogens with zero attached hydrogens (tertiary/aromatic N) is 1. The van der Waals surface area contributed by atoms with Crippen LogP contribution in [-0.4, -0.2) is 29.8 Å². The van der Waals surface area contributed by atoms with E-state index < -0.39 is 0 Å². The number of carbonyl (C=O) groups excluding carboxylic acids is 1. The lowest BCUT2D eigenvalue weighted by atomic mass is 9.95. The molecule has 1 aromatic carbocycles. The fourth-order valence-electron chi connectivity index (χ4n) is 2.44. The largest absolute Gasteiger partial charge is 0.506 e. The number of nitrogens with one attached hydrogen (secondary N) is 2. The Morgan fingerprint density at radius 3 is 2.77 bits per heavy atom. The number of aromatic hydroxyl groups is 1. The third-order valence-corrected chi connectivity index (χ3v) is 5.05. The molecule has 2 rings (SSSR count). The van der Waals surface area contributed by atoms with Crippen LogP contribution in [0.4, 0.5) is 0 Å². The van der Waals surface area contributed by atoms with E-state index in [1.807, 2.05) is 12.1 Å². The maximum Gasteiger partial charge on any atom is 0.254 e. The van der Waals surface area contributed by atoms with Crippen molar-refractivity contribution in [3.05, 3.63) is 24.8 Å². The third kappa shape index (κ3) is 5.65. The summed E-state index contributed by atoms with van der Waals surface area (Å²) < 4.78 is 1.77. The molecule has 0 saturated heterocycles. The number of amides is 1. The first kappa shape index (κ1) is 17.9. The molecule has 0 unspecified atom stereocenters. The van der Waals surface area contributed by atoms with E-state index in [1.165, 1.54) is 25.5 Å². The Morgan fingerprint density at radius 2 is 2.05 bits per heavy atom. The van der Waals surface area contributed by atoms with Gasteiger partial charge in [-0.15, -0.1) is 0 Å². The van der Waals surface area contributed by atoms with Crippen molar-refractivity contribution < 1.29 is 9.90 Å². The highest BCUT2D eigenvalue weighted by atomic mass is 127. The predicted molar refractivity (Wildman–Crippen MR) is 104 cm³/mol. The minimum Gasteiger partial charge on any atom is -0.506 e. The van der Waals surface area contributed by atoms with Crippen LogP contribution in [0.2, 0.25) is 0 Å². The number of phenols is 1. The van der Waals surface area contributed by atoms with Crippen LogP contribution < -0.4 is 10.7 Å². The standard InChI is InChI=1S/C15H19I2N3O2/c16-11-6-10(15(22)13(17)7-11)8-19-20-14(21)9-18-12-4-2-1-3-5-12/h6-8,12,18,22H,1-5,9H2,(H,20,21)/b19-8-. The van der Waals surface area contributed by atoms with Gasteiger partial charge < -0.3 is 10.4 Å². The number of rotatable bonds is 5. The first-order valence-corrected chi connectivity index (χ1v) is 9.45. The van der Waals surface area contributed by atoms with Gasteiger partial charge in [0.1, 0.15) is 5.75 Å². The molecule has 120 valence electrons. The molecule has 0 aromatic heterocycles. The van der Waals surface area contributed by atoms with Gasteiger partial charge >= 0.3 is 0 Å². The van der Waals surface area contributed by atoms with Crippen LogP contribution in [0.15, 0.2) is 17.2 Å². The average Bonchev–Trinajstić information content (AvgIpc) is 2.51. The molecular formula is C15H19I2N3O2. The quantitative estimate of drug-likeness (QED) is 0.314. The van der Waals surface area contributed by atoms with Gasteiger partial charge in [-0.05, 0) is 70.2 Å². The normalized spacial score (nSPS) is 16.1. The summed E-state index contributed by atoms with van der Waals surface area (Å²) in [5.41, 5.74) is 3.08. The molecule has 5 nitrogen and oxygen atoms in total. The van der Waals surface area contributed by atoms with E-state index in [-0.39, 0.29) is 18.2 Å². The zero-order valence-corrected chi connectivity index (χ0v) is 16.4. The molecule has 1 amide bonds. The Morgan fingerprint density at radius 1 is 1.32 bits per heavy atom. The highest BCUT2D eigenvalue weighted by Gasteiger charge is 2.13. The Bertz CT molecular complexity index is 558. The van der Waals surface area contributed by atoms with Crippen molar-refractivity contribution in [3.8, 4) is 5.75 Å². The fourth-order valence-corrected chi connectivity index (χ4v) is 4.33. The summed E-state index contributed by atoms with van der Waals surface area (Å²) in [6, 6.07) is 4.14. The zero-order valence-electron chi connectivity index (χ0n) is 12.1. The molecule has 1 saturated carbocycles. The Kier molecular flexibility index (Phi) is 7.35.